The molecule has 0 bridgehead atoms. The van der Waals surface area contributed by atoms with E-state index in [1.165, 1.54) is 0 Å². The van der Waals surface area contributed by atoms with Crippen molar-refractivity contribution in [2.45, 2.75) is 38.7 Å². The first kappa shape index (κ1) is 19.4. The predicted octanol–water partition coefficient (Wildman–Crippen LogP) is 6.35. The lowest BCUT2D eigenvalue weighted by atomic mass is 9.86. The van der Waals surface area contributed by atoms with Crippen molar-refractivity contribution in [2.75, 3.05) is 13.2 Å². The van der Waals surface area contributed by atoms with Crippen LogP contribution >= 0.6 is 7.60 Å². The van der Waals surface area contributed by atoms with Gasteiger partial charge in [0, 0.05) is 17.9 Å². The molecule has 1 atom stereocenters. The highest BCUT2D eigenvalue weighted by molar-refractivity contribution is 7.58. The number of hydrogen-bond acceptors (Lipinski definition) is 4. The Labute approximate surface area is 167 Å². The van der Waals surface area contributed by atoms with E-state index in [0.29, 0.717) is 36.6 Å². The molecule has 4 rings (SSSR count). The standard InChI is InChI=1S/C23H27O4P/c1-3-25-28(24,26-4-2)21-17-23(20-15-16-20,19-13-9-6-10-14-19)27-22(21)18-11-7-5-8-12-18/h5-14,20H,3-4,15-17H2,1-2H3. The quantitative estimate of drug-likeness (QED) is 0.486. The summed E-state index contributed by atoms with van der Waals surface area (Å²) in [5.74, 6) is 1.06. The maximum Gasteiger partial charge on any atom is 0.361 e. The smallest absolute Gasteiger partial charge is 0.361 e. The van der Waals surface area contributed by atoms with Crippen LogP contribution in [-0.2, 0) is 24.0 Å². The van der Waals surface area contributed by atoms with Gasteiger partial charge in [0.05, 0.1) is 18.5 Å². The van der Waals surface area contributed by atoms with Crippen molar-refractivity contribution in [3.8, 4) is 0 Å². The lowest BCUT2D eigenvalue weighted by molar-refractivity contribution is 0.0329. The molecule has 0 saturated heterocycles. The van der Waals surface area contributed by atoms with Crippen LogP contribution < -0.4 is 0 Å². The van der Waals surface area contributed by atoms with Crippen LogP contribution in [0.15, 0.2) is 66.0 Å². The van der Waals surface area contributed by atoms with E-state index in [1.54, 1.807) is 0 Å². The molecule has 1 aliphatic heterocycles. The average molecular weight is 398 g/mol. The number of hydrogen-bond donors (Lipinski definition) is 0. The van der Waals surface area contributed by atoms with Gasteiger partial charge in [0.15, 0.2) is 0 Å². The first-order valence-electron chi connectivity index (χ1n) is 10.1. The van der Waals surface area contributed by atoms with Crippen LogP contribution in [0.5, 0.6) is 0 Å². The molecule has 2 aromatic carbocycles. The molecule has 0 spiro atoms. The van der Waals surface area contributed by atoms with Gasteiger partial charge < -0.3 is 13.8 Å². The van der Waals surface area contributed by atoms with Crippen LogP contribution in [0, 0.1) is 5.92 Å². The molecule has 1 unspecified atom stereocenters. The van der Waals surface area contributed by atoms with E-state index in [-0.39, 0.29) is 0 Å². The summed E-state index contributed by atoms with van der Waals surface area (Å²) in [6.07, 6.45) is 2.75. The third-order valence-corrected chi connectivity index (χ3v) is 7.66. The maximum atomic E-state index is 13.8. The molecule has 5 heteroatoms. The third-order valence-electron chi connectivity index (χ3n) is 5.44. The van der Waals surface area contributed by atoms with Crippen LogP contribution in [0.4, 0.5) is 0 Å². The average Bonchev–Trinajstić information content (AvgIpc) is 3.50. The van der Waals surface area contributed by atoms with Gasteiger partial charge in [-0.05, 0) is 32.3 Å². The zero-order valence-electron chi connectivity index (χ0n) is 16.5. The van der Waals surface area contributed by atoms with Gasteiger partial charge in [-0.2, -0.15) is 0 Å². The van der Waals surface area contributed by atoms with Gasteiger partial charge in [-0.25, -0.2) is 0 Å². The fourth-order valence-electron chi connectivity index (χ4n) is 4.07. The van der Waals surface area contributed by atoms with E-state index >= 15 is 0 Å². The Bertz CT molecular complexity index is 879. The highest BCUT2D eigenvalue weighted by Gasteiger charge is 2.56. The van der Waals surface area contributed by atoms with Gasteiger partial charge in [-0.1, -0.05) is 60.7 Å². The molecular weight excluding hydrogens is 371 g/mol. The molecule has 1 heterocycles. The van der Waals surface area contributed by atoms with E-state index in [1.807, 2.05) is 62.4 Å². The van der Waals surface area contributed by atoms with Crippen LogP contribution in [0.3, 0.4) is 0 Å². The van der Waals surface area contributed by atoms with E-state index in [0.717, 1.165) is 24.0 Å². The molecule has 2 aliphatic rings. The first-order chi connectivity index (χ1) is 13.6. The molecule has 0 amide bonds. The SMILES string of the molecule is CCOP(=O)(OCC)C1=C(c2ccccc2)OC(c2ccccc2)(C2CC2)C1. The van der Waals surface area contributed by atoms with Gasteiger partial charge in [0.25, 0.3) is 0 Å². The number of benzene rings is 2. The molecule has 0 aromatic heterocycles. The molecule has 0 N–H and O–H groups in total. The topological polar surface area (TPSA) is 44.8 Å². The van der Waals surface area contributed by atoms with Crippen molar-refractivity contribution < 1.29 is 18.3 Å². The van der Waals surface area contributed by atoms with Crippen molar-refractivity contribution in [2.24, 2.45) is 5.92 Å². The highest BCUT2D eigenvalue weighted by Crippen LogP contribution is 2.68. The Kier molecular flexibility index (Phi) is 5.46. The van der Waals surface area contributed by atoms with Gasteiger partial charge in [-0.3, -0.25) is 4.57 Å². The zero-order chi connectivity index (χ0) is 19.6. The minimum absolute atomic E-state index is 0.324. The van der Waals surface area contributed by atoms with Gasteiger partial charge >= 0.3 is 7.60 Å². The first-order valence-corrected chi connectivity index (χ1v) is 11.6. The van der Waals surface area contributed by atoms with Gasteiger partial charge in [0.1, 0.15) is 11.4 Å². The second-order valence-electron chi connectivity index (χ2n) is 7.28. The summed E-state index contributed by atoms with van der Waals surface area (Å²) in [5, 5.41) is 0.665. The van der Waals surface area contributed by atoms with Crippen molar-refractivity contribution >= 4 is 13.4 Å². The third kappa shape index (κ3) is 3.45. The van der Waals surface area contributed by atoms with Crippen molar-refractivity contribution in [3.63, 3.8) is 0 Å². The van der Waals surface area contributed by atoms with Crippen molar-refractivity contribution in [3.05, 3.63) is 77.1 Å². The monoisotopic (exact) mass is 398 g/mol. The maximum absolute atomic E-state index is 13.8. The summed E-state index contributed by atoms with van der Waals surface area (Å²) in [5.41, 5.74) is 1.53. The molecule has 28 heavy (non-hydrogen) atoms. The van der Waals surface area contributed by atoms with Crippen molar-refractivity contribution in [1.82, 2.24) is 0 Å². The lowest BCUT2D eigenvalue weighted by Gasteiger charge is -2.31. The summed E-state index contributed by atoms with van der Waals surface area (Å²) in [4.78, 5) is 0. The van der Waals surface area contributed by atoms with Crippen LogP contribution in [0.25, 0.3) is 5.76 Å². The van der Waals surface area contributed by atoms with E-state index in [2.05, 4.69) is 12.1 Å². The Morgan fingerprint density at radius 1 is 0.964 bits per heavy atom. The molecule has 4 nitrogen and oxygen atoms in total. The fraction of sp³-hybridized carbons (Fsp3) is 0.391. The lowest BCUT2D eigenvalue weighted by Crippen LogP contribution is -2.28. The van der Waals surface area contributed by atoms with Crippen LogP contribution in [0.1, 0.15) is 44.2 Å². The number of ether oxygens (including phenoxy) is 1. The number of rotatable bonds is 8. The predicted molar refractivity (Wildman–Crippen MR) is 111 cm³/mol. The Balaban J connectivity index is 1.85. The second kappa shape index (κ2) is 7.87. The minimum atomic E-state index is -3.45. The molecule has 2 aromatic rings. The van der Waals surface area contributed by atoms with E-state index in [9.17, 15) is 4.57 Å². The fourth-order valence-corrected chi connectivity index (χ4v) is 5.99. The molecule has 0 radical (unpaired) electrons. The summed E-state index contributed by atoms with van der Waals surface area (Å²) in [7, 11) is -3.45. The molecular formula is C23H27O4P. The minimum Gasteiger partial charge on any atom is -0.481 e. The summed E-state index contributed by atoms with van der Waals surface area (Å²) in [6, 6.07) is 20.2. The normalized spacial score (nSPS) is 22.4. The second-order valence-corrected chi connectivity index (χ2v) is 9.33. The highest BCUT2D eigenvalue weighted by atomic mass is 31.2. The van der Waals surface area contributed by atoms with E-state index in [4.69, 9.17) is 13.8 Å². The largest absolute Gasteiger partial charge is 0.481 e. The Hall–Kier alpha value is -1.87. The van der Waals surface area contributed by atoms with Gasteiger partial charge in [0.2, 0.25) is 0 Å². The summed E-state index contributed by atoms with van der Waals surface area (Å²) >= 11 is 0. The zero-order valence-corrected chi connectivity index (χ0v) is 17.4. The summed E-state index contributed by atoms with van der Waals surface area (Å²) < 4.78 is 32.0. The van der Waals surface area contributed by atoms with Crippen LogP contribution in [0.2, 0.25) is 0 Å². The molecule has 1 aliphatic carbocycles. The van der Waals surface area contributed by atoms with E-state index < -0.39 is 13.2 Å². The molecule has 148 valence electrons. The molecule has 1 saturated carbocycles. The van der Waals surface area contributed by atoms with Gasteiger partial charge in [-0.15, -0.1) is 0 Å². The molecule has 1 fully saturated rings. The van der Waals surface area contributed by atoms with Crippen molar-refractivity contribution in [1.29, 1.82) is 0 Å². The summed E-state index contributed by atoms with van der Waals surface area (Å²) in [6.45, 7) is 4.33. The van der Waals surface area contributed by atoms with Crippen LogP contribution in [-0.4, -0.2) is 13.2 Å². The Morgan fingerprint density at radius 2 is 1.54 bits per heavy atom. The Morgan fingerprint density at radius 3 is 2.07 bits per heavy atom.